The van der Waals surface area contributed by atoms with Gasteiger partial charge in [0.2, 0.25) is 11.8 Å². The molecule has 0 spiro atoms. The summed E-state index contributed by atoms with van der Waals surface area (Å²) in [5.41, 5.74) is 1.23. The van der Waals surface area contributed by atoms with Crippen LogP contribution in [0.4, 0.5) is 11.5 Å². The highest BCUT2D eigenvalue weighted by molar-refractivity contribution is 8.00. The molecule has 1 aromatic heterocycles. The van der Waals surface area contributed by atoms with Crippen molar-refractivity contribution >= 4 is 35.1 Å². The van der Waals surface area contributed by atoms with Gasteiger partial charge in [0.05, 0.1) is 11.5 Å². The van der Waals surface area contributed by atoms with E-state index in [9.17, 15) is 9.59 Å². The number of rotatable bonds is 8. The summed E-state index contributed by atoms with van der Waals surface area (Å²) >= 11 is 1.28. The van der Waals surface area contributed by atoms with Crippen LogP contribution in [0, 0.1) is 12.8 Å². The maximum Gasteiger partial charge on any atom is 0.235 e. The molecule has 1 aliphatic rings. The fraction of sp³-hybridized carbons (Fsp3) is 0.421. The van der Waals surface area contributed by atoms with Gasteiger partial charge in [-0.3, -0.25) is 9.59 Å². The number of amides is 2. The largest absolute Gasteiger partial charge is 0.371 e. The molecule has 1 atom stereocenters. The summed E-state index contributed by atoms with van der Waals surface area (Å²) in [5.74, 6) is 1.71. The number of carbonyl (C=O) groups is 2. The first-order valence-corrected chi connectivity index (χ1v) is 10.1. The third-order valence-electron chi connectivity index (χ3n) is 4.36. The Balaban J connectivity index is 1.29. The fourth-order valence-electron chi connectivity index (χ4n) is 3.02. The van der Waals surface area contributed by atoms with Crippen molar-refractivity contribution < 1.29 is 14.1 Å². The van der Waals surface area contributed by atoms with Crippen molar-refractivity contribution in [2.75, 3.05) is 41.4 Å². The Morgan fingerprint density at radius 3 is 2.78 bits per heavy atom. The molecule has 0 saturated carbocycles. The van der Waals surface area contributed by atoms with Gasteiger partial charge in [0, 0.05) is 31.4 Å². The van der Waals surface area contributed by atoms with Crippen LogP contribution in [0.1, 0.15) is 12.2 Å². The molecule has 1 aromatic carbocycles. The van der Waals surface area contributed by atoms with Gasteiger partial charge in [0.15, 0.2) is 5.82 Å². The first-order valence-electron chi connectivity index (χ1n) is 8.98. The molecule has 1 unspecified atom stereocenters. The second-order valence-electron chi connectivity index (χ2n) is 6.60. The number of nitrogens with one attached hydrogen (secondary N) is 2. The topological polar surface area (TPSA) is 87.5 Å². The van der Waals surface area contributed by atoms with Gasteiger partial charge in [-0.15, -0.1) is 11.8 Å². The number of carbonyl (C=O) groups excluding carboxylic acids is 2. The van der Waals surface area contributed by atoms with Crippen molar-refractivity contribution in [1.82, 2.24) is 10.5 Å². The monoisotopic (exact) mass is 388 g/mol. The number of para-hydroxylation sites is 1. The van der Waals surface area contributed by atoms with Crippen LogP contribution in [0.15, 0.2) is 40.9 Å². The smallest absolute Gasteiger partial charge is 0.235 e. The number of aromatic nitrogens is 1. The Morgan fingerprint density at radius 2 is 2.04 bits per heavy atom. The van der Waals surface area contributed by atoms with Gasteiger partial charge in [0.1, 0.15) is 5.76 Å². The van der Waals surface area contributed by atoms with Gasteiger partial charge < -0.3 is 20.1 Å². The molecule has 2 aromatic rings. The van der Waals surface area contributed by atoms with E-state index in [1.165, 1.54) is 17.4 Å². The van der Waals surface area contributed by atoms with E-state index in [0.29, 0.717) is 24.0 Å². The average molecular weight is 388 g/mol. The molecule has 0 bridgehead atoms. The number of nitrogens with zero attached hydrogens (tertiary/aromatic N) is 2. The van der Waals surface area contributed by atoms with Crippen molar-refractivity contribution in [3.8, 4) is 0 Å². The molecule has 3 rings (SSSR count). The quantitative estimate of drug-likeness (QED) is 0.722. The number of hydrogen-bond donors (Lipinski definition) is 2. The predicted octanol–water partition coefficient (Wildman–Crippen LogP) is 2.30. The zero-order chi connectivity index (χ0) is 19.1. The Morgan fingerprint density at radius 1 is 1.26 bits per heavy atom. The van der Waals surface area contributed by atoms with Crippen LogP contribution in [0.3, 0.4) is 0 Å². The van der Waals surface area contributed by atoms with E-state index in [1.54, 1.807) is 13.0 Å². The lowest BCUT2D eigenvalue weighted by atomic mass is 10.1. The molecule has 2 N–H and O–H groups in total. The van der Waals surface area contributed by atoms with Gasteiger partial charge in [-0.05, 0) is 31.4 Å². The zero-order valence-corrected chi connectivity index (χ0v) is 16.1. The van der Waals surface area contributed by atoms with E-state index in [2.05, 4.69) is 32.8 Å². The molecule has 0 radical (unpaired) electrons. The highest BCUT2D eigenvalue weighted by Crippen LogP contribution is 2.22. The summed E-state index contributed by atoms with van der Waals surface area (Å²) in [4.78, 5) is 26.1. The van der Waals surface area contributed by atoms with Crippen molar-refractivity contribution in [1.29, 1.82) is 0 Å². The van der Waals surface area contributed by atoms with Crippen LogP contribution in [0.5, 0.6) is 0 Å². The van der Waals surface area contributed by atoms with E-state index in [-0.39, 0.29) is 23.3 Å². The molecule has 0 aliphatic carbocycles. The fourth-order valence-corrected chi connectivity index (χ4v) is 3.67. The number of aryl methyl sites for hydroxylation is 1. The second-order valence-corrected chi connectivity index (χ2v) is 7.59. The molecular weight excluding hydrogens is 364 g/mol. The Kier molecular flexibility index (Phi) is 6.75. The predicted molar refractivity (Wildman–Crippen MR) is 107 cm³/mol. The standard InChI is InChI=1S/C19H24N4O3S/c1-14-9-17(22-26-14)21-19(25)13-27-12-18(24)20-10-15-7-8-23(11-15)16-5-3-2-4-6-16/h2-6,9,15H,7-8,10-13H2,1H3,(H,20,24)(H,21,22,25). The lowest BCUT2D eigenvalue weighted by Crippen LogP contribution is -2.32. The summed E-state index contributed by atoms with van der Waals surface area (Å²) in [5, 5.41) is 9.31. The van der Waals surface area contributed by atoms with Crippen LogP contribution >= 0.6 is 11.8 Å². The summed E-state index contributed by atoms with van der Waals surface area (Å²) in [7, 11) is 0. The van der Waals surface area contributed by atoms with Crippen LogP contribution in [0.2, 0.25) is 0 Å². The summed E-state index contributed by atoms with van der Waals surface area (Å²) in [6.45, 7) is 4.40. The zero-order valence-electron chi connectivity index (χ0n) is 15.3. The van der Waals surface area contributed by atoms with E-state index >= 15 is 0 Å². The van der Waals surface area contributed by atoms with Crippen molar-refractivity contribution in [2.45, 2.75) is 13.3 Å². The van der Waals surface area contributed by atoms with Gasteiger partial charge in [-0.1, -0.05) is 23.4 Å². The molecule has 2 amide bonds. The number of thioether (sulfide) groups is 1. The summed E-state index contributed by atoms with van der Waals surface area (Å²) in [6, 6.07) is 12.0. The van der Waals surface area contributed by atoms with Crippen LogP contribution in [-0.4, -0.2) is 48.1 Å². The third-order valence-corrected chi connectivity index (χ3v) is 5.29. The molecule has 8 heteroatoms. The molecular formula is C19H24N4O3S. The minimum Gasteiger partial charge on any atom is -0.371 e. The van der Waals surface area contributed by atoms with Crippen molar-refractivity contribution in [3.63, 3.8) is 0 Å². The minimum atomic E-state index is -0.199. The van der Waals surface area contributed by atoms with Crippen molar-refractivity contribution in [2.24, 2.45) is 5.92 Å². The molecule has 27 heavy (non-hydrogen) atoms. The average Bonchev–Trinajstić information content (AvgIpc) is 3.30. The maximum absolute atomic E-state index is 12.0. The number of hydrogen-bond acceptors (Lipinski definition) is 6. The highest BCUT2D eigenvalue weighted by atomic mass is 32.2. The third kappa shape index (κ3) is 6.02. The number of benzene rings is 1. The van der Waals surface area contributed by atoms with Crippen LogP contribution < -0.4 is 15.5 Å². The van der Waals surface area contributed by atoms with E-state index in [1.807, 2.05) is 18.2 Å². The first kappa shape index (κ1) is 19.3. The normalized spacial score (nSPS) is 16.3. The minimum absolute atomic E-state index is 0.0387. The van der Waals surface area contributed by atoms with Crippen molar-refractivity contribution in [3.05, 3.63) is 42.2 Å². The van der Waals surface area contributed by atoms with Gasteiger partial charge in [0.25, 0.3) is 0 Å². The number of anilines is 2. The Labute approximate surface area is 162 Å². The van der Waals surface area contributed by atoms with Crippen LogP contribution in [-0.2, 0) is 9.59 Å². The maximum atomic E-state index is 12.0. The van der Waals surface area contributed by atoms with E-state index in [0.717, 1.165) is 19.5 Å². The molecule has 144 valence electrons. The molecule has 1 fully saturated rings. The lowest BCUT2D eigenvalue weighted by molar-refractivity contribution is -0.118. The van der Waals surface area contributed by atoms with Crippen LogP contribution in [0.25, 0.3) is 0 Å². The molecule has 7 nitrogen and oxygen atoms in total. The Hall–Kier alpha value is -2.48. The Bertz CT molecular complexity index is 765. The second kappa shape index (κ2) is 9.45. The SMILES string of the molecule is Cc1cc(NC(=O)CSCC(=O)NCC2CCN(c3ccccc3)C2)no1. The molecule has 2 heterocycles. The lowest BCUT2D eigenvalue weighted by Gasteiger charge is -2.18. The highest BCUT2D eigenvalue weighted by Gasteiger charge is 2.22. The van der Waals surface area contributed by atoms with Gasteiger partial charge >= 0.3 is 0 Å². The van der Waals surface area contributed by atoms with E-state index < -0.39 is 0 Å². The summed E-state index contributed by atoms with van der Waals surface area (Å²) < 4.78 is 4.89. The summed E-state index contributed by atoms with van der Waals surface area (Å²) in [6.07, 6.45) is 1.07. The molecule has 1 saturated heterocycles. The molecule has 1 aliphatic heterocycles. The first-order chi connectivity index (χ1) is 13.1. The van der Waals surface area contributed by atoms with Gasteiger partial charge in [-0.2, -0.15) is 0 Å². The van der Waals surface area contributed by atoms with E-state index in [4.69, 9.17) is 4.52 Å². The van der Waals surface area contributed by atoms with Gasteiger partial charge in [-0.25, -0.2) is 0 Å².